The maximum Gasteiger partial charge on any atom is 0.115 e. The Balaban J connectivity index is -0.000000179. The molecule has 5 heterocycles. The van der Waals surface area contributed by atoms with Crippen molar-refractivity contribution in [3.8, 4) is 0 Å². The molecule has 55 heavy (non-hydrogen) atoms. The van der Waals surface area contributed by atoms with Gasteiger partial charge in [-0.2, -0.15) is 20.4 Å². The average Bonchev–Trinajstić information content (AvgIpc) is 3.27. The monoisotopic (exact) mass is 761 g/mol. The molecule has 310 valence electrons. The summed E-state index contributed by atoms with van der Waals surface area (Å²) >= 11 is 0. The van der Waals surface area contributed by atoms with Crippen molar-refractivity contribution >= 4 is 0 Å². The molecule has 0 fully saturated rings. The predicted octanol–water partition coefficient (Wildman–Crippen LogP) is 13.1. The molecule has 0 radical (unpaired) electrons. The van der Waals surface area contributed by atoms with Gasteiger partial charge in [-0.05, 0) is 65.0 Å². The second-order valence-corrected chi connectivity index (χ2v) is 11.5. The summed E-state index contributed by atoms with van der Waals surface area (Å²) in [6, 6.07) is 7.81. The Morgan fingerprint density at radius 1 is 0.345 bits per heavy atom. The molecule has 0 aliphatic carbocycles. The zero-order chi connectivity index (χ0) is 43.5. The second-order valence-electron chi connectivity index (χ2n) is 11.5. The summed E-state index contributed by atoms with van der Waals surface area (Å²) < 4.78 is 0. The molecular formula is C45H80N10. The lowest BCUT2D eigenvalue weighted by Gasteiger charge is -2.00. The first-order valence-corrected chi connectivity index (χ1v) is 20.3. The lowest BCUT2D eigenvalue weighted by Crippen LogP contribution is -1.92. The highest BCUT2D eigenvalue weighted by atomic mass is 15.1. The Morgan fingerprint density at radius 3 is 1.16 bits per heavy atom. The first-order chi connectivity index (χ1) is 26.5. The van der Waals surface area contributed by atoms with Gasteiger partial charge in [0.05, 0.1) is 17.6 Å². The number of aromatic nitrogens is 10. The minimum absolute atomic E-state index is 0.485. The molecule has 0 N–H and O–H groups in total. The zero-order valence-electron chi connectivity index (χ0n) is 38.5. The van der Waals surface area contributed by atoms with Crippen LogP contribution in [0.15, 0.2) is 92.7 Å². The highest BCUT2D eigenvalue weighted by Gasteiger charge is 1.98. The maximum absolute atomic E-state index is 4.12. The third-order valence-electron chi connectivity index (χ3n) is 6.08. The van der Waals surface area contributed by atoms with Gasteiger partial charge in [-0.15, -0.1) is 0 Å². The second kappa shape index (κ2) is 45.6. The van der Waals surface area contributed by atoms with E-state index in [0.717, 1.165) is 17.1 Å². The highest BCUT2D eigenvalue weighted by molar-refractivity contribution is 5.09. The van der Waals surface area contributed by atoms with E-state index < -0.39 is 0 Å². The molecule has 0 unspecified atom stereocenters. The summed E-state index contributed by atoms with van der Waals surface area (Å²) in [5.74, 6) is 2.57. The van der Waals surface area contributed by atoms with E-state index in [-0.39, 0.29) is 0 Å². The van der Waals surface area contributed by atoms with Crippen molar-refractivity contribution in [2.45, 2.75) is 168 Å². The molecule has 0 saturated carbocycles. The number of hydrogen-bond donors (Lipinski definition) is 0. The predicted molar refractivity (Wildman–Crippen MR) is 237 cm³/mol. The minimum atomic E-state index is 0.485. The molecule has 0 spiro atoms. The van der Waals surface area contributed by atoms with Crippen molar-refractivity contribution < 1.29 is 0 Å². The molecule has 0 aromatic carbocycles. The zero-order valence-corrected chi connectivity index (χ0v) is 38.5. The van der Waals surface area contributed by atoms with E-state index in [1.807, 2.05) is 106 Å². The first kappa shape index (κ1) is 59.7. The van der Waals surface area contributed by atoms with E-state index in [0.29, 0.717) is 29.6 Å². The van der Waals surface area contributed by atoms with E-state index >= 15 is 0 Å². The largest absolute Gasteiger partial charge is 0.261 e. The van der Waals surface area contributed by atoms with Crippen LogP contribution >= 0.6 is 0 Å². The number of nitrogens with zero attached hydrogens (tertiary/aromatic N) is 10. The molecular weight excluding hydrogens is 681 g/mol. The van der Waals surface area contributed by atoms with Gasteiger partial charge in [0.15, 0.2) is 0 Å². The highest BCUT2D eigenvalue weighted by Crippen LogP contribution is 2.11. The van der Waals surface area contributed by atoms with Crippen molar-refractivity contribution in [2.75, 3.05) is 0 Å². The first-order valence-electron chi connectivity index (χ1n) is 20.3. The number of rotatable bonds is 5. The van der Waals surface area contributed by atoms with Crippen LogP contribution in [0.4, 0.5) is 0 Å². The van der Waals surface area contributed by atoms with Gasteiger partial charge in [0.25, 0.3) is 0 Å². The van der Waals surface area contributed by atoms with Gasteiger partial charge in [-0.3, -0.25) is 9.97 Å². The van der Waals surface area contributed by atoms with Gasteiger partial charge >= 0.3 is 0 Å². The van der Waals surface area contributed by atoms with E-state index in [2.05, 4.69) is 120 Å². The van der Waals surface area contributed by atoms with Gasteiger partial charge in [0.1, 0.15) is 12.7 Å². The Labute approximate surface area is 338 Å². The molecule has 0 bridgehead atoms. The third kappa shape index (κ3) is 36.2. The summed E-state index contributed by atoms with van der Waals surface area (Å²) in [5.41, 5.74) is 5.64. The molecule has 0 amide bonds. The lowest BCUT2D eigenvalue weighted by atomic mass is 10.1. The Hall–Kier alpha value is -4.60. The van der Waals surface area contributed by atoms with Crippen molar-refractivity contribution in [2.24, 2.45) is 0 Å². The summed E-state index contributed by atoms with van der Waals surface area (Å²) in [4.78, 5) is 23.7. The fourth-order valence-electron chi connectivity index (χ4n) is 3.12. The van der Waals surface area contributed by atoms with Gasteiger partial charge in [0, 0.05) is 55.3 Å². The molecule has 0 saturated heterocycles. The molecule has 5 aromatic rings. The third-order valence-corrected chi connectivity index (χ3v) is 6.08. The molecule has 0 atom stereocenters. The maximum atomic E-state index is 4.12. The molecule has 0 aliphatic heterocycles. The minimum Gasteiger partial charge on any atom is -0.261 e. The Kier molecular flexibility index (Phi) is 49.4. The van der Waals surface area contributed by atoms with Crippen LogP contribution in [0.1, 0.15) is 196 Å². The quantitative estimate of drug-likeness (QED) is 0.171. The average molecular weight is 761 g/mol. The van der Waals surface area contributed by atoms with E-state index in [4.69, 9.17) is 0 Å². The smallest absolute Gasteiger partial charge is 0.115 e. The van der Waals surface area contributed by atoms with Gasteiger partial charge in [0.2, 0.25) is 0 Å². The van der Waals surface area contributed by atoms with E-state index in [9.17, 15) is 0 Å². The van der Waals surface area contributed by atoms with E-state index in [1.165, 1.54) is 11.1 Å². The molecule has 10 nitrogen and oxygen atoms in total. The number of hydrogen-bond acceptors (Lipinski definition) is 10. The van der Waals surface area contributed by atoms with Crippen molar-refractivity contribution in [3.63, 3.8) is 0 Å². The van der Waals surface area contributed by atoms with Crippen LogP contribution in [0.2, 0.25) is 0 Å². The van der Waals surface area contributed by atoms with Gasteiger partial charge < -0.3 is 0 Å². The van der Waals surface area contributed by atoms with Gasteiger partial charge in [-0.25, -0.2) is 19.9 Å². The topological polar surface area (TPSA) is 129 Å². The van der Waals surface area contributed by atoms with E-state index in [1.54, 1.807) is 56.0 Å². The summed E-state index contributed by atoms with van der Waals surface area (Å²) in [7, 11) is 0. The molecule has 10 heteroatoms. The summed E-state index contributed by atoms with van der Waals surface area (Å²) in [5, 5.41) is 15.1. The SMILES string of the molecule is CC.CC.CC.CC.CC.CC(C)c1cccnn1.CC(C)c1ccncn1.CC(C)c1ccnnc1.CC(C)c1cnccn1.CC(C)c1cncnc1. The standard InChI is InChI=1S/5C7H10N2.5C2H6/c1-6(2)7-3-8-5-9-4-7;1-6(2)7-5-8-3-4-9-7;1-6(2)7-3-4-8-5-9-7;1-6(2)7-3-4-8-9-5-7;1-6(2)7-4-3-5-8-9-7;5*1-2/h5*3-6H,1-2H3;5*1-2H3. The van der Waals surface area contributed by atoms with Crippen LogP contribution < -0.4 is 0 Å². The Bertz CT molecular complexity index is 1100. The fraction of sp³-hybridized carbons (Fsp3) is 0.556. The summed E-state index contributed by atoms with van der Waals surface area (Å²) in [6.45, 7) is 41.2. The molecule has 5 rings (SSSR count). The van der Waals surface area contributed by atoms with Crippen LogP contribution in [-0.2, 0) is 0 Å². The van der Waals surface area contributed by atoms with Crippen LogP contribution in [-0.4, -0.2) is 50.3 Å². The normalized spacial score (nSPS) is 8.82. The van der Waals surface area contributed by atoms with Crippen molar-refractivity contribution in [1.82, 2.24) is 50.3 Å². The van der Waals surface area contributed by atoms with Crippen LogP contribution in [0.3, 0.4) is 0 Å². The Morgan fingerprint density at radius 2 is 0.891 bits per heavy atom. The fourth-order valence-corrected chi connectivity index (χ4v) is 3.12. The lowest BCUT2D eigenvalue weighted by molar-refractivity contribution is 0.785. The van der Waals surface area contributed by atoms with Crippen molar-refractivity contribution in [1.29, 1.82) is 0 Å². The van der Waals surface area contributed by atoms with Crippen LogP contribution in [0.25, 0.3) is 0 Å². The van der Waals surface area contributed by atoms with Crippen LogP contribution in [0.5, 0.6) is 0 Å². The van der Waals surface area contributed by atoms with Gasteiger partial charge in [-0.1, -0.05) is 138 Å². The van der Waals surface area contributed by atoms with Crippen molar-refractivity contribution in [3.05, 3.63) is 121 Å². The molecule has 0 aliphatic rings. The molecule has 5 aromatic heterocycles. The van der Waals surface area contributed by atoms with Crippen LogP contribution in [0, 0.1) is 0 Å². The summed E-state index contributed by atoms with van der Waals surface area (Å²) in [6.07, 6.45) is 19.0.